The van der Waals surface area contributed by atoms with E-state index in [1.807, 2.05) is 6.07 Å². The minimum atomic E-state index is -0.528. The number of esters is 2. The van der Waals surface area contributed by atoms with Gasteiger partial charge in [-0.15, -0.1) is 0 Å². The fourth-order valence-corrected chi connectivity index (χ4v) is 1.82. The molecule has 1 aromatic carbocycles. The lowest BCUT2D eigenvalue weighted by atomic mass is 10.2. The van der Waals surface area contributed by atoms with E-state index in [0.717, 1.165) is 5.69 Å². The van der Waals surface area contributed by atoms with Crippen LogP contribution < -0.4 is 5.32 Å². The number of nitrogens with one attached hydrogen (secondary N) is 1. The van der Waals surface area contributed by atoms with E-state index in [1.165, 1.54) is 20.5 Å². The number of carbonyl (C=O) groups excluding carboxylic acids is 2. The Kier molecular flexibility index (Phi) is 4.61. The Hall–Kier alpha value is -2.76. The zero-order valence-electron chi connectivity index (χ0n) is 11.7. The summed E-state index contributed by atoms with van der Waals surface area (Å²) in [5.41, 5.74) is 1.85. The monoisotopic (exact) mass is 289 g/mol. The topological polar surface area (TPSA) is 77.8 Å². The summed E-state index contributed by atoms with van der Waals surface area (Å²) < 4.78 is 14.4. The number of carbonyl (C=O) groups is 2. The van der Waals surface area contributed by atoms with E-state index in [1.54, 1.807) is 24.3 Å². The molecule has 0 atom stereocenters. The molecule has 0 bridgehead atoms. The summed E-state index contributed by atoms with van der Waals surface area (Å²) in [6.07, 6.45) is 1.42. The molecule has 0 unspecified atom stereocenters. The second-order valence-electron chi connectivity index (χ2n) is 4.19. The number of ether oxygens (including phenoxy) is 2. The first-order chi connectivity index (χ1) is 10.2. The maximum atomic E-state index is 11.5. The van der Waals surface area contributed by atoms with Gasteiger partial charge in [-0.05, 0) is 24.3 Å². The van der Waals surface area contributed by atoms with Gasteiger partial charge in [-0.2, -0.15) is 0 Å². The quantitative estimate of drug-likeness (QED) is 0.852. The molecular formula is C15H15NO5. The van der Waals surface area contributed by atoms with Crippen LogP contribution in [0.5, 0.6) is 0 Å². The number of anilines is 1. The molecule has 0 aliphatic heterocycles. The van der Waals surface area contributed by atoms with Crippen molar-refractivity contribution >= 4 is 17.6 Å². The van der Waals surface area contributed by atoms with Gasteiger partial charge in [0.15, 0.2) is 0 Å². The summed E-state index contributed by atoms with van der Waals surface area (Å²) in [5, 5.41) is 3.11. The van der Waals surface area contributed by atoms with Crippen molar-refractivity contribution in [3.63, 3.8) is 0 Å². The van der Waals surface area contributed by atoms with Crippen molar-refractivity contribution in [1.29, 1.82) is 0 Å². The van der Waals surface area contributed by atoms with E-state index < -0.39 is 11.9 Å². The van der Waals surface area contributed by atoms with Crippen molar-refractivity contribution in [2.75, 3.05) is 19.5 Å². The summed E-state index contributed by atoms with van der Waals surface area (Å²) >= 11 is 0. The van der Waals surface area contributed by atoms with Gasteiger partial charge in [-0.25, -0.2) is 9.59 Å². The second-order valence-corrected chi connectivity index (χ2v) is 4.19. The molecule has 2 rings (SSSR count). The third-order valence-electron chi connectivity index (χ3n) is 2.88. The molecule has 2 aromatic rings. The van der Waals surface area contributed by atoms with Crippen molar-refractivity contribution in [3.05, 3.63) is 53.5 Å². The van der Waals surface area contributed by atoms with Crippen molar-refractivity contribution in [2.24, 2.45) is 0 Å². The number of hydrogen-bond acceptors (Lipinski definition) is 6. The molecule has 0 spiro atoms. The summed E-state index contributed by atoms with van der Waals surface area (Å²) in [5.74, 6) is -0.772. The number of methoxy groups -OCH3 is 2. The number of benzene rings is 1. The average Bonchev–Trinajstić information content (AvgIpc) is 3.00. The van der Waals surface area contributed by atoms with E-state index in [-0.39, 0.29) is 5.76 Å². The Morgan fingerprint density at radius 1 is 1.14 bits per heavy atom. The number of furan rings is 1. The molecule has 0 amide bonds. The molecule has 0 aliphatic carbocycles. The average molecular weight is 289 g/mol. The van der Waals surface area contributed by atoms with E-state index in [4.69, 9.17) is 4.42 Å². The Morgan fingerprint density at radius 3 is 2.62 bits per heavy atom. The highest BCUT2D eigenvalue weighted by atomic mass is 16.5. The second kappa shape index (κ2) is 6.60. The lowest BCUT2D eigenvalue weighted by molar-refractivity contribution is 0.0562. The van der Waals surface area contributed by atoms with Crippen molar-refractivity contribution in [3.8, 4) is 0 Å². The molecule has 0 saturated carbocycles. The van der Waals surface area contributed by atoms with Gasteiger partial charge in [0.25, 0.3) is 0 Å². The lowest BCUT2D eigenvalue weighted by Gasteiger charge is -2.07. The molecule has 110 valence electrons. The fourth-order valence-electron chi connectivity index (χ4n) is 1.82. The zero-order valence-corrected chi connectivity index (χ0v) is 11.7. The molecule has 21 heavy (non-hydrogen) atoms. The molecule has 6 nitrogen and oxygen atoms in total. The van der Waals surface area contributed by atoms with Crippen LogP contribution in [0, 0.1) is 0 Å². The molecular weight excluding hydrogens is 274 g/mol. The van der Waals surface area contributed by atoms with Gasteiger partial charge in [-0.1, -0.05) is 6.07 Å². The van der Waals surface area contributed by atoms with Crippen molar-refractivity contribution in [2.45, 2.75) is 6.54 Å². The largest absolute Gasteiger partial charge is 0.465 e. The molecule has 1 aromatic heterocycles. The van der Waals surface area contributed by atoms with Crippen molar-refractivity contribution in [1.82, 2.24) is 0 Å². The lowest BCUT2D eigenvalue weighted by Crippen LogP contribution is -2.07. The first-order valence-corrected chi connectivity index (χ1v) is 6.22. The van der Waals surface area contributed by atoms with Gasteiger partial charge in [0.05, 0.1) is 26.0 Å². The van der Waals surface area contributed by atoms with Crippen LogP contribution in [-0.4, -0.2) is 26.2 Å². The highest BCUT2D eigenvalue weighted by Crippen LogP contribution is 2.16. The molecule has 1 N–H and O–H groups in total. The summed E-state index contributed by atoms with van der Waals surface area (Å²) in [7, 11) is 2.62. The predicted molar refractivity (Wildman–Crippen MR) is 75.2 cm³/mol. The summed E-state index contributed by atoms with van der Waals surface area (Å²) in [6.45, 7) is 0.367. The van der Waals surface area contributed by atoms with Crippen LogP contribution in [0.1, 0.15) is 26.5 Å². The van der Waals surface area contributed by atoms with E-state index in [2.05, 4.69) is 14.8 Å². The van der Waals surface area contributed by atoms with Crippen LogP contribution in [0.15, 0.2) is 41.0 Å². The Morgan fingerprint density at radius 2 is 1.90 bits per heavy atom. The first kappa shape index (κ1) is 14.6. The van der Waals surface area contributed by atoms with E-state index in [9.17, 15) is 9.59 Å². The number of rotatable bonds is 5. The maximum absolute atomic E-state index is 11.5. The normalized spacial score (nSPS) is 10.0. The minimum Gasteiger partial charge on any atom is -0.465 e. The SMILES string of the molecule is COC(=O)c1cccc(NCc2ccoc2C(=O)OC)c1. The van der Waals surface area contributed by atoms with Crippen LogP contribution >= 0.6 is 0 Å². The highest BCUT2D eigenvalue weighted by molar-refractivity contribution is 5.90. The van der Waals surface area contributed by atoms with Gasteiger partial charge in [0, 0.05) is 17.8 Å². The zero-order chi connectivity index (χ0) is 15.2. The molecule has 0 aliphatic rings. The van der Waals surface area contributed by atoms with Gasteiger partial charge in [-0.3, -0.25) is 0 Å². The molecule has 6 heteroatoms. The van der Waals surface area contributed by atoms with Crippen LogP contribution in [0.3, 0.4) is 0 Å². The van der Waals surface area contributed by atoms with Crippen molar-refractivity contribution < 1.29 is 23.5 Å². The van der Waals surface area contributed by atoms with E-state index >= 15 is 0 Å². The molecule has 1 heterocycles. The minimum absolute atomic E-state index is 0.161. The third kappa shape index (κ3) is 3.42. The van der Waals surface area contributed by atoms with Gasteiger partial charge < -0.3 is 19.2 Å². The molecule has 0 saturated heterocycles. The molecule has 0 radical (unpaired) electrons. The third-order valence-corrected chi connectivity index (χ3v) is 2.88. The summed E-state index contributed by atoms with van der Waals surface area (Å²) in [6, 6.07) is 8.57. The first-order valence-electron chi connectivity index (χ1n) is 6.22. The van der Waals surface area contributed by atoms with Crippen LogP contribution in [0.4, 0.5) is 5.69 Å². The van der Waals surface area contributed by atoms with Gasteiger partial charge >= 0.3 is 11.9 Å². The number of hydrogen-bond donors (Lipinski definition) is 1. The Labute approximate surface area is 121 Å². The Balaban J connectivity index is 2.08. The maximum Gasteiger partial charge on any atom is 0.374 e. The molecule has 0 fully saturated rings. The summed E-state index contributed by atoms with van der Waals surface area (Å²) in [4.78, 5) is 22.9. The van der Waals surface area contributed by atoms with Crippen LogP contribution in [-0.2, 0) is 16.0 Å². The van der Waals surface area contributed by atoms with Crippen LogP contribution in [0.2, 0.25) is 0 Å². The van der Waals surface area contributed by atoms with Crippen LogP contribution in [0.25, 0.3) is 0 Å². The predicted octanol–water partition coefficient (Wildman–Crippen LogP) is 2.46. The fraction of sp³-hybridized carbons (Fsp3) is 0.200. The van der Waals surface area contributed by atoms with E-state index in [0.29, 0.717) is 17.7 Å². The van der Waals surface area contributed by atoms with Gasteiger partial charge in [0.1, 0.15) is 0 Å². The smallest absolute Gasteiger partial charge is 0.374 e. The van der Waals surface area contributed by atoms with Gasteiger partial charge in [0.2, 0.25) is 5.76 Å². The Bertz CT molecular complexity index is 647. The standard InChI is InChI=1S/C15H15NO5/c1-19-14(17)10-4-3-5-12(8-10)16-9-11-6-7-21-13(11)15(18)20-2/h3-8,16H,9H2,1-2H3. The highest BCUT2D eigenvalue weighted by Gasteiger charge is 2.15.